The predicted octanol–water partition coefficient (Wildman–Crippen LogP) is 4.15. The van der Waals surface area contributed by atoms with E-state index in [0.29, 0.717) is 10.7 Å². The van der Waals surface area contributed by atoms with Crippen molar-refractivity contribution in [2.45, 2.75) is 13.8 Å². The van der Waals surface area contributed by atoms with E-state index in [9.17, 15) is 9.59 Å². The molecule has 0 atom stereocenters. The number of hydrogen-bond acceptors (Lipinski definition) is 3. The largest absolute Gasteiger partial charge is 0.452 e. The van der Waals surface area contributed by atoms with Crippen LogP contribution in [0.4, 0.5) is 5.69 Å². The molecule has 0 aliphatic heterocycles. The summed E-state index contributed by atoms with van der Waals surface area (Å²) in [6, 6.07) is 12.6. The third-order valence-corrected chi connectivity index (χ3v) is 3.76. The SMILES string of the molecule is Cc1cccc(NC(=O)COC(=O)/C=C/c2ccc(Cl)cc2)c1C. The van der Waals surface area contributed by atoms with Gasteiger partial charge in [0.15, 0.2) is 6.61 Å². The molecule has 0 spiro atoms. The van der Waals surface area contributed by atoms with Crippen LogP contribution in [0.1, 0.15) is 16.7 Å². The van der Waals surface area contributed by atoms with Gasteiger partial charge < -0.3 is 10.1 Å². The van der Waals surface area contributed by atoms with Gasteiger partial charge in [-0.2, -0.15) is 0 Å². The van der Waals surface area contributed by atoms with Gasteiger partial charge in [-0.15, -0.1) is 0 Å². The molecule has 5 heteroatoms. The van der Waals surface area contributed by atoms with Crippen molar-refractivity contribution >= 4 is 35.2 Å². The van der Waals surface area contributed by atoms with Crippen LogP contribution in [-0.2, 0) is 14.3 Å². The van der Waals surface area contributed by atoms with Gasteiger partial charge in [-0.1, -0.05) is 35.9 Å². The number of hydrogen-bond donors (Lipinski definition) is 1. The molecule has 2 rings (SSSR count). The van der Waals surface area contributed by atoms with E-state index in [1.165, 1.54) is 6.08 Å². The van der Waals surface area contributed by atoms with Gasteiger partial charge in [0.05, 0.1) is 0 Å². The highest BCUT2D eigenvalue weighted by atomic mass is 35.5. The Hall–Kier alpha value is -2.59. The number of nitrogens with one attached hydrogen (secondary N) is 1. The van der Waals surface area contributed by atoms with Crippen molar-refractivity contribution in [1.82, 2.24) is 0 Å². The van der Waals surface area contributed by atoms with Gasteiger partial charge in [-0.3, -0.25) is 4.79 Å². The molecule has 2 aromatic rings. The molecule has 4 nitrogen and oxygen atoms in total. The molecule has 0 aliphatic rings. The quantitative estimate of drug-likeness (QED) is 0.655. The molecule has 2 aromatic carbocycles. The van der Waals surface area contributed by atoms with Crippen LogP contribution in [0.3, 0.4) is 0 Å². The van der Waals surface area contributed by atoms with Crippen LogP contribution in [0, 0.1) is 13.8 Å². The number of anilines is 1. The predicted molar refractivity (Wildman–Crippen MR) is 96.0 cm³/mol. The number of halogens is 1. The molecule has 0 aromatic heterocycles. The number of aryl methyl sites for hydroxylation is 1. The van der Waals surface area contributed by atoms with E-state index < -0.39 is 5.97 Å². The zero-order valence-electron chi connectivity index (χ0n) is 13.5. The first kappa shape index (κ1) is 17.8. The summed E-state index contributed by atoms with van der Waals surface area (Å²) < 4.78 is 4.93. The summed E-state index contributed by atoms with van der Waals surface area (Å²) in [6.45, 7) is 3.55. The van der Waals surface area contributed by atoms with Crippen LogP contribution in [0.5, 0.6) is 0 Å². The number of rotatable bonds is 5. The van der Waals surface area contributed by atoms with Crippen LogP contribution in [-0.4, -0.2) is 18.5 Å². The van der Waals surface area contributed by atoms with E-state index in [1.807, 2.05) is 32.0 Å². The summed E-state index contributed by atoms with van der Waals surface area (Å²) in [4.78, 5) is 23.5. The van der Waals surface area contributed by atoms with Gasteiger partial charge in [0.2, 0.25) is 0 Å². The number of amides is 1. The Bertz CT molecular complexity index is 767. The third kappa shape index (κ3) is 5.25. The second-order valence-corrected chi connectivity index (χ2v) is 5.72. The minimum Gasteiger partial charge on any atom is -0.452 e. The molecule has 0 aliphatic carbocycles. The van der Waals surface area contributed by atoms with Crippen molar-refractivity contribution in [2.24, 2.45) is 0 Å². The monoisotopic (exact) mass is 343 g/mol. The highest BCUT2D eigenvalue weighted by molar-refractivity contribution is 6.30. The maximum atomic E-state index is 11.9. The normalized spacial score (nSPS) is 10.6. The third-order valence-electron chi connectivity index (χ3n) is 3.51. The fourth-order valence-electron chi connectivity index (χ4n) is 2.00. The van der Waals surface area contributed by atoms with Gasteiger partial charge >= 0.3 is 5.97 Å². The average molecular weight is 344 g/mol. The molecule has 1 amide bonds. The minimum absolute atomic E-state index is 0.336. The topological polar surface area (TPSA) is 55.4 Å². The zero-order chi connectivity index (χ0) is 17.5. The van der Waals surface area contributed by atoms with Crippen LogP contribution >= 0.6 is 11.6 Å². The summed E-state index contributed by atoms with van der Waals surface area (Å²) in [5.74, 6) is -0.960. The van der Waals surface area contributed by atoms with Gasteiger partial charge in [-0.25, -0.2) is 4.79 Å². The van der Waals surface area contributed by atoms with Crippen molar-refractivity contribution in [3.8, 4) is 0 Å². The maximum absolute atomic E-state index is 11.9. The maximum Gasteiger partial charge on any atom is 0.331 e. The fourth-order valence-corrected chi connectivity index (χ4v) is 2.12. The van der Waals surface area contributed by atoms with Crippen molar-refractivity contribution in [1.29, 1.82) is 0 Å². The number of esters is 1. The molecule has 0 radical (unpaired) electrons. The first-order valence-electron chi connectivity index (χ1n) is 7.42. The molecule has 0 fully saturated rings. The molecular formula is C19H18ClNO3. The van der Waals surface area contributed by atoms with Gasteiger partial charge in [-0.05, 0) is 54.8 Å². The Morgan fingerprint density at radius 1 is 1.12 bits per heavy atom. The lowest BCUT2D eigenvalue weighted by molar-refractivity contribution is -0.142. The van der Waals surface area contributed by atoms with Crippen LogP contribution in [0.15, 0.2) is 48.5 Å². The molecule has 24 heavy (non-hydrogen) atoms. The van der Waals surface area contributed by atoms with E-state index in [4.69, 9.17) is 16.3 Å². The fraction of sp³-hybridized carbons (Fsp3) is 0.158. The summed E-state index contributed by atoms with van der Waals surface area (Å²) in [5, 5.41) is 3.35. The highest BCUT2D eigenvalue weighted by Crippen LogP contribution is 2.17. The van der Waals surface area contributed by atoms with Crippen molar-refractivity contribution < 1.29 is 14.3 Å². The van der Waals surface area contributed by atoms with Gasteiger partial charge in [0.25, 0.3) is 5.91 Å². The average Bonchev–Trinajstić information content (AvgIpc) is 2.56. The zero-order valence-corrected chi connectivity index (χ0v) is 14.3. The lowest BCUT2D eigenvalue weighted by Crippen LogP contribution is -2.20. The second kappa shape index (κ2) is 8.31. The van der Waals surface area contributed by atoms with E-state index in [-0.39, 0.29) is 12.5 Å². The second-order valence-electron chi connectivity index (χ2n) is 5.29. The standard InChI is InChI=1S/C19H18ClNO3/c1-13-4-3-5-17(14(13)2)21-18(22)12-24-19(23)11-8-15-6-9-16(20)10-7-15/h3-11H,12H2,1-2H3,(H,21,22)/b11-8+. The molecule has 0 saturated heterocycles. The lowest BCUT2D eigenvalue weighted by atomic mass is 10.1. The molecule has 0 heterocycles. The Labute approximate surface area is 146 Å². The Morgan fingerprint density at radius 3 is 2.54 bits per heavy atom. The Balaban J connectivity index is 1.84. The van der Waals surface area contributed by atoms with Gasteiger partial charge in [0, 0.05) is 16.8 Å². The van der Waals surface area contributed by atoms with Crippen molar-refractivity contribution in [2.75, 3.05) is 11.9 Å². The van der Waals surface area contributed by atoms with Crippen LogP contribution < -0.4 is 5.32 Å². The van der Waals surface area contributed by atoms with E-state index >= 15 is 0 Å². The number of carbonyl (C=O) groups is 2. The summed E-state index contributed by atoms with van der Waals surface area (Å²) in [5.41, 5.74) is 3.60. The molecular weight excluding hydrogens is 326 g/mol. The summed E-state index contributed by atoms with van der Waals surface area (Å²) >= 11 is 5.79. The van der Waals surface area contributed by atoms with Crippen LogP contribution in [0.25, 0.3) is 6.08 Å². The molecule has 0 saturated carbocycles. The molecule has 0 bridgehead atoms. The number of carbonyl (C=O) groups excluding carboxylic acids is 2. The van der Waals surface area contributed by atoms with Crippen LogP contribution in [0.2, 0.25) is 5.02 Å². The molecule has 124 valence electrons. The van der Waals surface area contributed by atoms with E-state index in [0.717, 1.165) is 16.7 Å². The summed E-state index contributed by atoms with van der Waals surface area (Å²) in [6.07, 6.45) is 2.87. The number of benzene rings is 2. The number of ether oxygens (including phenoxy) is 1. The Morgan fingerprint density at radius 2 is 1.83 bits per heavy atom. The first-order chi connectivity index (χ1) is 11.5. The summed E-state index contributed by atoms with van der Waals surface area (Å²) in [7, 11) is 0. The first-order valence-corrected chi connectivity index (χ1v) is 7.80. The highest BCUT2D eigenvalue weighted by Gasteiger charge is 2.08. The lowest BCUT2D eigenvalue weighted by Gasteiger charge is -2.10. The van der Waals surface area contributed by atoms with E-state index in [1.54, 1.807) is 30.3 Å². The Kier molecular flexibility index (Phi) is 6.15. The molecule has 1 N–H and O–H groups in total. The van der Waals surface area contributed by atoms with Gasteiger partial charge in [0.1, 0.15) is 0 Å². The smallest absolute Gasteiger partial charge is 0.331 e. The minimum atomic E-state index is -0.582. The van der Waals surface area contributed by atoms with E-state index in [2.05, 4.69) is 5.32 Å². The molecule has 0 unspecified atom stereocenters. The van der Waals surface area contributed by atoms with Crippen molar-refractivity contribution in [3.05, 3.63) is 70.3 Å². The van der Waals surface area contributed by atoms with Crippen molar-refractivity contribution in [3.63, 3.8) is 0 Å².